The van der Waals surface area contributed by atoms with Crippen LogP contribution >= 0.6 is 0 Å². The van der Waals surface area contributed by atoms with Crippen LogP contribution in [0.5, 0.6) is 5.75 Å². The van der Waals surface area contributed by atoms with E-state index in [4.69, 9.17) is 4.74 Å². The fourth-order valence-electron chi connectivity index (χ4n) is 3.01. The van der Waals surface area contributed by atoms with Crippen molar-refractivity contribution >= 4 is 0 Å². The summed E-state index contributed by atoms with van der Waals surface area (Å²) in [5.41, 5.74) is 0.487. The van der Waals surface area contributed by atoms with Crippen LogP contribution in [0.2, 0.25) is 0 Å². The molecule has 1 aromatic rings. The largest absolute Gasteiger partial charge is 0.493 e. The average Bonchev–Trinajstić information content (AvgIpc) is 2.92. The quantitative estimate of drug-likeness (QED) is 0.716. The van der Waals surface area contributed by atoms with Crippen LogP contribution in [-0.4, -0.2) is 13.0 Å². The summed E-state index contributed by atoms with van der Waals surface area (Å²) in [6, 6.07) is 2.47. The van der Waals surface area contributed by atoms with Gasteiger partial charge in [0.15, 0.2) is 11.6 Å². The molecule has 1 aliphatic carbocycles. The van der Waals surface area contributed by atoms with E-state index in [9.17, 15) is 17.6 Å². The zero-order valence-corrected chi connectivity index (χ0v) is 11.6. The second-order valence-corrected chi connectivity index (χ2v) is 5.31. The van der Waals surface area contributed by atoms with Crippen LogP contribution in [-0.2, 0) is 0 Å². The normalized spacial score (nSPS) is 23.1. The Labute approximate surface area is 115 Å². The molecule has 0 saturated heterocycles. The zero-order chi connectivity index (χ0) is 14.9. The van der Waals surface area contributed by atoms with Crippen molar-refractivity contribution in [1.82, 2.24) is 0 Å². The van der Waals surface area contributed by atoms with E-state index in [0.29, 0.717) is 18.4 Å². The smallest absolute Gasteiger partial charge is 0.250 e. The highest BCUT2D eigenvalue weighted by molar-refractivity contribution is 5.39. The summed E-state index contributed by atoms with van der Waals surface area (Å²) in [6.07, 6.45) is 1.02. The summed E-state index contributed by atoms with van der Waals surface area (Å²) in [5.74, 6) is -5.79. The number of benzene rings is 1. The number of halogens is 4. The molecule has 0 aromatic heterocycles. The Bertz CT molecular complexity index is 487. The Morgan fingerprint density at radius 2 is 1.95 bits per heavy atom. The van der Waals surface area contributed by atoms with E-state index in [1.807, 2.05) is 0 Å². The minimum Gasteiger partial charge on any atom is -0.493 e. The first-order chi connectivity index (χ1) is 9.40. The van der Waals surface area contributed by atoms with Gasteiger partial charge in [-0.15, -0.1) is 0 Å². The van der Waals surface area contributed by atoms with Gasteiger partial charge in [-0.25, -0.2) is 13.2 Å². The van der Waals surface area contributed by atoms with Gasteiger partial charge >= 0.3 is 0 Å². The Balaban J connectivity index is 2.25. The molecule has 0 N–H and O–H groups in total. The summed E-state index contributed by atoms with van der Waals surface area (Å²) in [6.45, 7) is 1.46. The van der Waals surface area contributed by atoms with Crippen LogP contribution < -0.4 is 4.74 Å². The molecule has 5 heteroatoms. The molecule has 0 bridgehead atoms. The molecule has 1 saturated carbocycles. The molecule has 0 heterocycles. The highest BCUT2D eigenvalue weighted by atomic mass is 19.3. The van der Waals surface area contributed by atoms with E-state index in [1.54, 1.807) is 0 Å². The summed E-state index contributed by atoms with van der Waals surface area (Å²) in [7, 11) is 1.26. The van der Waals surface area contributed by atoms with Gasteiger partial charge in [0, 0.05) is 17.9 Å². The summed E-state index contributed by atoms with van der Waals surface area (Å²) in [5, 5.41) is 0. The molecule has 0 aliphatic heterocycles. The van der Waals surface area contributed by atoms with E-state index < -0.39 is 23.5 Å². The van der Waals surface area contributed by atoms with Crippen molar-refractivity contribution in [2.75, 3.05) is 7.11 Å². The fraction of sp³-hybridized carbons (Fsp3) is 0.600. The molecular weight excluding hydrogens is 272 g/mol. The van der Waals surface area contributed by atoms with Gasteiger partial charge in [-0.3, -0.25) is 0 Å². The highest BCUT2D eigenvalue weighted by Gasteiger charge is 2.43. The van der Waals surface area contributed by atoms with Crippen LogP contribution in [0.3, 0.4) is 0 Å². The molecule has 1 aromatic carbocycles. The van der Waals surface area contributed by atoms with Gasteiger partial charge in [0.1, 0.15) is 0 Å². The van der Waals surface area contributed by atoms with Gasteiger partial charge in [-0.2, -0.15) is 4.39 Å². The zero-order valence-electron chi connectivity index (χ0n) is 11.6. The molecule has 0 spiro atoms. The molecule has 2 unspecified atom stereocenters. The number of rotatable bonds is 4. The first-order valence-electron chi connectivity index (χ1n) is 6.80. The van der Waals surface area contributed by atoms with Crippen molar-refractivity contribution in [2.45, 2.75) is 44.4 Å². The first-order valence-corrected chi connectivity index (χ1v) is 6.80. The SMILES string of the molecule is CCC(F)(F)C1CCC(c2ccc(F)c(F)c2OC)C1. The molecule has 1 fully saturated rings. The van der Waals surface area contributed by atoms with Crippen molar-refractivity contribution in [3.05, 3.63) is 29.3 Å². The Morgan fingerprint density at radius 3 is 2.55 bits per heavy atom. The lowest BCUT2D eigenvalue weighted by molar-refractivity contribution is -0.0591. The van der Waals surface area contributed by atoms with E-state index in [1.165, 1.54) is 20.1 Å². The molecular formula is C15H18F4O. The Morgan fingerprint density at radius 1 is 1.25 bits per heavy atom. The van der Waals surface area contributed by atoms with E-state index in [-0.39, 0.29) is 24.5 Å². The predicted molar refractivity (Wildman–Crippen MR) is 68.2 cm³/mol. The van der Waals surface area contributed by atoms with Crippen LogP contribution in [0.25, 0.3) is 0 Å². The molecule has 2 atom stereocenters. The number of alkyl halides is 2. The minimum absolute atomic E-state index is 0.157. The molecule has 112 valence electrons. The standard InChI is InChI=1S/C15H18F4O/c1-3-15(18,19)10-5-4-9(8-10)11-6-7-12(16)13(17)14(11)20-2/h6-7,9-10H,3-5,8H2,1-2H3. The number of hydrogen-bond acceptors (Lipinski definition) is 1. The average molecular weight is 290 g/mol. The van der Waals surface area contributed by atoms with Crippen molar-refractivity contribution in [3.63, 3.8) is 0 Å². The lowest BCUT2D eigenvalue weighted by Gasteiger charge is -2.22. The lowest BCUT2D eigenvalue weighted by Crippen LogP contribution is -2.25. The summed E-state index contributed by atoms with van der Waals surface area (Å²) >= 11 is 0. The predicted octanol–water partition coefficient (Wildman–Crippen LogP) is 4.90. The molecule has 0 amide bonds. The molecule has 1 nitrogen and oxygen atoms in total. The van der Waals surface area contributed by atoms with Crippen molar-refractivity contribution in [3.8, 4) is 5.75 Å². The van der Waals surface area contributed by atoms with E-state index in [0.717, 1.165) is 6.07 Å². The van der Waals surface area contributed by atoms with Crippen LogP contribution in [0.15, 0.2) is 12.1 Å². The maximum atomic E-state index is 13.7. The van der Waals surface area contributed by atoms with Crippen molar-refractivity contribution < 1.29 is 22.3 Å². The van der Waals surface area contributed by atoms with Gasteiger partial charge in [-0.1, -0.05) is 13.0 Å². The molecule has 0 radical (unpaired) electrons. The van der Waals surface area contributed by atoms with Crippen molar-refractivity contribution in [1.29, 1.82) is 0 Å². The second-order valence-electron chi connectivity index (χ2n) is 5.31. The monoisotopic (exact) mass is 290 g/mol. The minimum atomic E-state index is -2.69. The number of hydrogen-bond donors (Lipinski definition) is 0. The molecule has 2 rings (SSSR count). The first kappa shape index (κ1) is 15.1. The van der Waals surface area contributed by atoms with E-state index >= 15 is 0 Å². The number of methoxy groups -OCH3 is 1. The van der Waals surface area contributed by atoms with Gasteiger partial charge in [0.25, 0.3) is 5.92 Å². The topological polar surface area (TPSA) is 9.23 Å². The third-order valence-corrected chi connectivity index (χ3v) is 4.23. The maximum Gasteiger partial charge on any atom is 0.250 e. The van der Waals surface area contributed by atoms with Gasteiger partial charge in [0.05, 0.1) is 7.11 Å². The number of ether oxygens (including phenoxy) is 1. The molecule has 20 heavy (non-hydrogen) atoms. The molecule has 1 aliphatic rings. The third kappa shape index (κ3) is 2.63. The second kappa shape index (κ2) is 5.62. The van der Waals surface area contributed by atoms with Gasteiger partial charge in [-0.05, 0) is 31.2 Å². The van der Waals surface area contributed by atoms with Crippen LogP contribution in [0, 0.1) is 17.6 Å². The van der Waals surface area contributed by atoms with Crippen LogP contribution in [0.1, 0.15) is 44.1 Å². The summed E-state index contributed by atoms with van der Waals surface area (Å²) in [4.78, 5) is 0. The van der Waals surface area contributed by atoms with Crippen molar-refractivity contribution in [2.24, 2.45) is 5.92 Å². The highest BCUT2D eigenvalue weighted by Crippen LogP contribution is 2.48. The summed E-state index contributed by atoms with van der Waals surface area (Å²) < 4.78 is 59.2. The Hall–Kier alpha value is -1.26. The fourth-order valence-corrected chi connectivity index (χ4v) is 3.01. The Kier molecular flexibility index (Phi) is 4.25. The maximum absolute atomic E-state index is 13.7. The van der Waals surface area contributed by atoms with Gasteiger partial charge in [0.2, 0.25) is 5.82 Å². The van der Waals surface area contributed by atoms with Gasteiger partial charge < -0.3 is 4.74 Å². The lowest BCUT2D eigenvalue weighted by atomic mass is 9.92. The van der Waals surface area contributed by atoms with E-state index in [2.05, 4.69) is 0 Å². The third-order valence-electron chi connectivity index (χ3n) is 4.23. The van der Waals surface area contributed by atoms with Crippen LogP contribution in [0.4, 0.5) is 17.6 Å².